The van der Waals surface area contributed by atoms with Crippen LogP contribution < -0.4 is 28.4 Å². The number of anilines is 2. The van der Waals surface area contributed by atoms with E-state index in [-0.39, 0.29) is 67.6 Å². The average molecular weight is 1040 g/mol. The van der Waals surface area contributed by atoms with Gasteiger partial charge in [0.15, 0.2) is 0 Å². The number of carboxylic acid groups (broad SMARTS) is 2. The first kappa shape index (κ1) is 53.0. The number of aromatic carboxylic acids is 2. The van der Waals surface area contributed by atoms with Crippen LogP contribution in [0.1, 0.15) is 53.5 Å². The summed E-state index contributed by atoms with van der Waals surface area (Å²) in [7, 11) is -11.5. The lowest BCUT2D eigenvalue weighted by molar-refractivity contribution is 0.0686. The second-order valence-electron chi connectivity index (χ2n) is 16.0. The fourth-order valence-corrected chi connectivity index (χ4v) is 11.3. The van der Waals surface area contributed by atoms with Gasteiger partial charge in [-0.15, -0.1) is 11.3 Å². The summed E-state index contributed by atoms with van der Waals surface area (Å²) < 4.78 is 104. The Morgan fingerprint density at radius 2 is 0.901 bits per heavy atom. The maximum Gasteiger partial charge on any atom is 0.335 e. The molecule has 0 saturated heterocycles. The van der Waals surface area contributed by atoms with E-state index in [2.05, 4.69) is 30.2 Å². The largest absolute Gasteiger partial charge is 0.490 e. The van der Waals surface area contributed by atoms with Crippen molar-refractivity contribution in [2.45, 2.75) is 51.5 Å². The first-order valence-corrected chi connectivity index (χ1v) is 27.0. The number of nitrogens with one attached hydrogen (secondary N) is 2. The van der Waals surface area contributed by atoms with Gasteiger partial charge in [-0.25, -0.2) is 34.8 Å². The highest BCUT2D eigenvalue weighted by Crippen LogP contribution is 2.31. The molecule has 0 aliphatic rings. The van der Waals surface area contributed by atoms with Crippen LogP contribution in [0.5, 0.6) is 23.0 Å². The molecule has 7 rings (SSSR count). The Labute approximate surface area is 416 Å². The first-order valence-electron chi connectivity index (χ1n) is 21.7. The van der Waals surface area contributed by atoms with E-state index in [0.717, 1.165) is 29.4 Å². The maximum atomic E-state index is 12.8. The van der Waals surface area contributed by atoms with Gasteiger partial charge in [-0.3, -0.25) is 9.44 Å². The van der Waals surface area contributed by atoms with E-state index in [9.17, 15) is 34.8 Å². The van der Waals surface area contributed by atoms with Crippen molar-refractivity contribution in [2.75, 3.05) is 35.9 Å². The summed E-state index contributed by atoms with van der Waals surface area (Å²) in [6.07, 6.45) is 0.956. The number of sulfone groups is 1. The zero-order valence-electron chi connectivity index (χ0n) is 38.6. The van der Waals surface area contributed by atoms with Crippen LogP contribution >= 0.6 is 11.3 Å². The molecule has 0 aliphatic heterocycles. The molecule has 0 unspecified atom stereocenters. The highest BCUT2D eigenvalue weighted by Gasteiger charge is 2.24. The van der Waals surface area contributed by atoms with Gasteiger partial charge in [0.1, 0.15) is 53.6 Å². The van der Waals surface area contributed by atoms with Crippen LogP contribution in [0.4, 0.5) is 11.4 Å². The third-order valence-corrected chi connectivity index (χ3v) is 16.8. The van der Waals surface area contributed by atoms with Crippen LogP contribution in [0.15, 0.2) is 182 Å². The zero-order chi connectivity index (χ0) is 51.2. The summed E-state index contributed by atoms with van der Waals surface area (Å²) >= 11 is 0.817. The summed E-state index contributed by atoms with van der Waals surface area (Å²) in [5.41, 5.74) is 2.15. The molecule has 0 spiro atoms. The molecule has 0 atom stereocenters. The van der Waals surface area contributed by atoms with E-state index in [1.807, 2.05) is 12.1 Å². The van der Waals surface area contributed by atoms with Crippen molar-refractivity contribution < 1.29 is 64.0 Å². The highest BCUT2D eigenvalue weighted by molar-refractivity contribution is 7.95. The van der Waals surface area contributed by atoms with Crippen LogP contribution in [0.2, 0.25) is 0 Å². The van der Waals surface area contributed by atoms with Gasteiger partial charge in [-0.2, -0.15) is 0 Å². The lowest BCUT2D eigenvalue weighted by Gasteiger charge is -2.23. The minimum Gasteiger partial charge on any atom is -0.490 e. The van der Waals surface area contributed by atoms with E-state index in [1.165, 1.54) is 53.9 Å². The minimum atomic E-state index is -4.00. The molecule has 7 aromatic rings. The molecule has 4 N–H and O–H groups in total. The summed E-state index contributed by atoms with van der Waals surface area (Å²) in [5.74, 6) is 0.0988. The second kappa shape index (κ2) is 23.5. The van der Waals surface area contributed by atoms with Crippen LogP contribution in [0.3, 0.4) is 0 Å². The third-order valence-electron chi connectivity index (χ3n) is 10.7. The van der Waals surface area contributed by atoms with Crippen LogP contribution in [0, 0.1) is 0 Å². The third kappa shape index (κ3) is 14.8. The Balaban J connectivity index is 0.000000233. The van der Waals surface area contributed by atoms with Crippen molar-refractivity contribution >= 4 is 64.5 Å². The number of sulfonamides is 2. The number of thiophene rings is 1. The van der Waals surface area contributed by atoms with E-state index < -0.39 is 41.8 Å². The molecule has 0 amide bonds. The molecule has 1 heterocycles. The molecule has 71 heavy (non-hydrogen) atoms. The number of rotatable bonds is 22. The molecular weight excluding hydrogens is 993 g/mol. The second-order valence-corrected chi connectivity index (χ2v) is 22.4. The van der Waals surface area contributed by atoms with Crippen molar-refractivity contribution in [1.29, 1.82) is 0 Å². The molecule has 6 aromatic carbocycles. The predicted molar refractivity (Wildman–Crippen MR) is 269 cm³/mol. The van der Waals surface area contributed by atoms with Crippen LogP contribution in [-0.4, -0.2) is 73.8 Å². The quantitative estimate of drug-likeness (QED) is 0.0462. The Hall–Kier alpha value is -7.39. The summed E-state index contributed by atoms with van der Waals surface area (Å²) in [6.45, 7) is 7.32. The number of carboxylic acids is 2. The Morgan fingerprint density at radius 1 is 0.507 bits per heavy atom. The number of carbonyl (C=O) groups is 2. The maximum absolute atomic E-state index is 12.8. The molecule has 372 valence electrons. The Bertz CT molecular complexity index is 3220. The van der Waals surface area contributed by atoms with Gasteiger partial charge in [0.25, 0.3) is 20.0 Å². The predicted octanol–water partition coefficient (Wildman–Crippen LogP) is 9.87. The topological polar surface area (TPSA) is 238 Å². The van der Waals surface area contributed by atoms with Gasteiger partial charge in [-0.05, 0) is 145 Å². The summed E-state index contributed by atoms with van der Waals surface area (Å²) in [5, 5.41) is 19.1. The molecule has 0 aliphatic carbocycles. The standard InChI is InChI=1S/C26H29NO6S.C25H21NO8S3/c1-4-26(2,3)20-7-15-24(16-8-20)34(30,31)27-21-9-13-23(14-10-21)33-18-17-32-22-11-5-19(6-12-22)25(28)29;27-25(28)18-6-10-20(11-7-18)33-14-15-34-21-12-8-19(9-13-21)26-37(31,32)24-16-23(17-35-24)36(29,30)22-4-2-1-3-5-22/h5-16,27H,4,17-18H2,1-3H3,(H,28,29);1-13,16-17,26H,14-15H2,(H,27,28). The summed E-state index contributed by atoms with van der Waals surface area (Å²) in [6, 6.07) is 40.8. The van der Waals surface area contributed by atoms with Gasteiger partial charge in [0.05, 0.1) is 25.8 Å². The van der Waals surface area contributed by atoms with Crippen LogP contribution in [-0.2, 0) is 35.3 Å². The molecule has 20 heteroatoms. The molecule has 1 aromatic heterocycles. The monoisotopic (exact) mass is 1040 g/mol. The molecule has 16 nitrogen and oxygen atoms in total. The van der Waals surface area contributed by atoms with E-state index in [1.54, 1.807) is 91.0 Å². The zero-order valence-corrected chi connectivity index (χ0v) is 41.8. The van der Waals surface area contributed by atoms with Crippen molar-refractivity contribution in [1.82, 2.24) is 0 Å². The van der Waals surface area contributed by atoms with E-state index in [4.69, 9.17) is 29.2 Å². The minimum absolute atomic E-state index is 0.0123. The molecule has 0 radical (unpaired) electrons. The van der Waals surface area contributed by atoms with Gasteiger partial charge >= 0.3 is 11.9 Å². The SMILES string of the molecule is CCC(C)(C)c1ccc(S(=O)(=O)Nc2ccc(OCCOc3ccc(C(=O)O)cc3)cc2)cc1.O=C(O)c1ccc(OCCOc2ccc(NS(=O)(=O)c3cc(S(=O)(=O)c4ccccc4)cs3)cc2)cc1. The van der Waals surface area contributed by atoms with Crippen molar-refractivity contribution in [2.24, 2.45) is 0 Å². The Morgan fingerprint density at radius 3 is 1.30 bits per heavy atom. The molecular formula is C51H50N2O14S4. The number of hydrogen-bond donors (Lipinski definition) is 4. The van der Waals surface area contributed by atoms with Gasteiger partial charge in [-0.1, -0.05) is 51.1 Å². The fourth-order valence-electron chi connectivity index (χ4n) is 6.29. The van der Waals surface area contributed by atoms with Crippen molar-refractivity contribution in [3.05, 3.63) is 180 Å². The lowest BCUT2D eigenvalue weighted by atomic mass is 9.82. The summed E-state index contributed by atoms with van der Waals surface area (Å²) in [4.78, 5) is 21.9. The average Bonchev–Trinajstić information content (AvgIpc) is 3.89. The number of benzene rings is 6. The smallest absolute Gasteiger partial charge is 0.335 e. The lowest BCUT2D eigenvalue weighted by Crippen LogP contribution is -2.17. The van der Waals surface area contributed by atoms with Crippen molar-refractivity contribution in [3.8, 4) is 23.0 Å². The number of ether oxygens (including phenoxy) is 4. The van der Waals surface area contributed by atoms with Crippen molar-refractivity contribution in [3.63, 3.8) is 0 Å². The van der Waals surface area contributed by atoms with E-state index >= 15 is 0 Å². The normalized spacial score (nSPS) is 11.6. The molecule has 0 saturated carbocycles. The Kier molecular flexibility index (Phi) is 17.5. The van der Waals surface area contributed by atoms with Crippen LogP contribution in [0.25, 0.3) is 0 Å². The fraction of sp³-hybridized carbons (Fsp3) is 0.176. The number of hydrogen-bond acceptors (Lipinski definition) is 13. The molecule has 0 bridgehead atoms. The van der Waals surface area contributed by atoms with E-state index in [0.29, 0.717) is 28.7 Å². The highest BCUT2D eigenvalue weighted by atomic mass is 32.2. The van der Waals surface area contributed by atoms with Gasteiger partial charge < -0.3 is 29.2 Å². The molecule has 0 fully saturated rings. The van der Waals surface area contributed by atoms with Gasteiger partial charge in [0.2, 0.25) is 9.84 Å². The first-order chi connectivity index (χ1) is 33.8. The van der Waals surface area contributed by atoms with Gasteiger partial charge in [0, 0.05) is 16.8 Å².